The summed E-state index contributed by atoms with van der Waals surface area (Å²) in [6, 6.07) is 0.518. The molecule has 0 aromatic carbocycles. The number of halogens is 1. The molecule has 0 aromatic rings. The average Bonchev–Trinajstić information content (AvgIpc) is 2.42. The summed E-state index contributed by atoms with van der Waals surface area (Å²) in [4.78, 5) is 13.3. The summed E-state index contributed by atoms with van der Waals surface area (Å²) in [7, 11) is 1.98. The van der Waals surface area contributed by atoms with E-state index >= 15 is 0 Å². The van der Waals surface area contributed by atoms with Crippen molar-refractivity contribution >= 4 is 18.4 Å². The predicted octanol–water partition coefficient (Wildman–Crippen LogP) is 2.15. The van der Waals surface area contributed by atoms with Crippen LogP contribution in [0.4, 0.5) is 0 Å². The molecule has 1 heterocycles. The summed E-state index contributed by atoms with van der Waals surface area (Å²) >= 11 is 0. The van der Waals surface area contributed by atoms with Crippen molar-refractivity contribution in [3.8, 4) is 0 Å². The van der Waals surface area contributed by atoms with Gasteiger partial charge in [0, 0.05) is 6.04 Å². The van der Waals surface area contributed by atoms with E-state index in [1.54, 1.807) is 0 Å². The van der Waals surface area contributed by atoms with Crippen LogP contribution < -0.4 is 0 Å². The molecule has 1 aliphatic heterocycles. The summed E-state index contributed by atoms with van der Waals surface area (Å²) in [5.74, 6) is -0.0377. The number of carboxylic acid groups (broad SMARTS) is 1. The Morgan fingerprint density at radius 2 is 2.00 bits per heavy atom. The van der Waals surface area contributed by atoms with Crippen LogP contribution in [0.15, 0.2) is 0 Å². The van der Waals surface area contributed by atoms with Crippen LogP contribution in [0.3, 0.4) is 0 Å². The van der Waals surface area contributed by atoms with E-state index in [4.69, 9.17) is 0 Å². The second kappa shape index (κ2) is 4.30. The van der Waals surface area contributed by atoms with Gasteiger partial charge in [-0.2, -0.15) is 0 Å². The fraction of sp³-hybridized carbons (Fsp3) is 0.909. The Labute approximate surface area is 97.2 Å². The fourth-order valence-corrected chi connectivity index (χ4v) is 3.19. The Bertz CT molecular complexity index is 259. The predicted molar refractivity (Wildman–Crippen MR) is 61.4 cm³/mol. The lowest BCUT2D eigenvalue weighted by molar-refractivity contribution is -0.148. The number of aliphatic carboxylic acids is 1. The van der Waals surface area contributed by atoms with Crippen molar-refractivity contribution in [2.24, 2.45) is 5.92 Å². The van der Waals surface area contributed by atoms with Gasteiger partial charge in [0.1, 0.15) is 5.54 Å². The molecule has 0 bridgehead atoms. The first-order valence-electron chi connectivity index (χ1n) is 5.52. The zero-order valence-corrected chi connectivity index (χ0v) is 10.2. The van der Waals surface area contributed by atoms with E-state index in [1.165, 1.54) is 25.7 Å². The Morgan fingerprint density at radius 1 is 1.40 bits per heavy atom. The minimum absolute atomic E-state index is 0. The fourth-order valence-electron chi connectivity index (χ4n) is 3.19. The highest BCUT2D eigenvalue weighted by molar-refractivity contribution is 5.85. The van der Waals surface area contributed by atoms with Crippen LogP contribution in [0.25, 0.3) is 0 Å². The lowest BCUT2D eigenvalue weighted by Gasteiger charge is -2.33. The number of fused-ring (bicyclic) bond motifs is 1. The van der Waals surface area contributed by atoms with Crippen LogP contribution in [0, 0.1) is 5.92 Å². The third-order valence-electron chi connectivity index (χ3n) is 4.27. The quantitative estimate of drug-likeness (QED) is 0.755. The summed E-state index contributed by atoms with van der Waals surface area (Å²) in [6.07, 6.45) is 5.79. The number of carbonyl (C=O) groups is 1. The number of hydrogen-bond donors (Lipinski definition) is 1. The van der Waals surface area contributed by atoms with Gasteiger partial charge in [-0.25, -0.2) is 0 Å². The largest absolute Gasteiger partial charge is 0.480 e. The Morgan fingerprint density at radius 3 is 2.53 bits per heavy atom. The van der Waals surface area contributed by atoms with Gasteiger partial charge in [-0.1, -0.05) is 12.8 Å². The minimum Gasteiger partial charge on any atom is -0.480 e. The molecule has 88 valence electrons. The molecule has 0 amide bonds. The molecule has 1 saturated heterocycles. The zero-order valence-electron chi connectivity index (χ0n) is 9.40. The van der Waals surface area contributed by atoms with E-state index in [9.17, 15) is 9.90 Å². The Hall–Kier alpha value is -0.280. The first-order valence-corrected chi connectivity index (χ1v) is 5.52. The first-order chi connectivity index (χ1) is 6.55. The smallest absolute Gasteiger partial charge is 0.323 e. The molecule has 0 spiro atoms. The molecule has 2 aliphatic rings. The zero-order chi connectivity index (χ0) is 10.3. The van der Waals surface area contributed by atoms with Crippen molar-refractivity contribution in [1.29, 1.82) is 0 Å². The van der Waals surface area contributed by atoms with Gasteiger partial charge >= 0.3 is 5.97 Å². The summed E-state index contributed by atoms with van der Waals surface area (Å²) in [5.41, 5.74) is -0.611. The van der Waals surface area contributed by atoms with E-state index in [0.717, 1.165) is 6.42 Å². The van der Waals surface area contributed by atoms with E-state index in [-0.39, 0.29) is 12.4 Å². The van der Waals surface area contributed by atoms with E-state index < -0.39 is 11.5 Å². The minimum atomic E-state index is -0.658. The number of likely N-dealkylation sites (N-methyl/N-ethyl adjacent to an activating group) is 1. The molecule has 1 N–H and O–H groups in total. The number of hydrogen-bond acceptors (Lipinski definition) is 2. The summed E-state index contributed by atoms with van der Waals surface area (Å²) < 4.78 is 0. The van der Waals surface area contributed by atoms with E-state index in [2.05, 4.69) is 4.90 Å². The Balaban J connectivity index is 0.00000112. The van der Waals surface area contributed by atoms with Crippen molar-refractivity contribution in [3.05, 3.63) is 0 Å². The van der Waals surface area contributed by atoms with Gasteiger partial charge in [0.25, 0.3) is 0 Å². The van der Waals surface area contributed by atoms with Gasteiger partial charge < -0.3 is 5.11 Å². The second-order valence-electron chi connectivity index (χ2n) is 5.01. The normalized spacial score (nSPS) is 40.7. The number of rotatable bonds is 1. The maximum Gasteiger partial charge on any atom is 0.323 e. The maximum atomic E-state index is 11.2. The third-order valence-corrected chi connectivity index (χ3v) is 4.27. The van der Waals surface area contributed by atoms with Crippen LogP contribution in [0.2, 0.25) is 0 Å². The molecule has 3 nitrogen and oxygen atoms in total. The average molecular weight is 234 g/mol. The van der Waals surface area contributed by atoms with Crippen molar-refractivity contribution in [3.63, 3.8) is 0 Å². The molecule has 2 rings (SSSR count). The second-order valence-corrected chi connectivity index (χ2v) is 5.01. The van der Waals surface area contributed by atoms with Gasteiger partial charge in [0.05, 0.1) is 0 Å². The van der Waals surface area contributed by atoms with Crippen LogP contribution in [0.1, 0.15) is 39.0 Å². The molecular formula is C11H20ClNO2. The van der Waals surface area contributed by atoms with Crippen molar-refractivity contribution in [2.45, 2.75) is 50.6 Å². The van der Waals surface area contributed by atoms with Gasteiger partial charge in [-0.15, -0.1) is 12.4 Å². The standard InChI is InChI=1S/C11H19NO2.ClH/c1-11(10(13)14)7-8-5-3-4-6-9(8)12(11)2;/h8-9H,3-7H2,1-2H3,(H,13,14);1H/t8-,9-,11-;/m0./s1. The monoisotopic (exact) mass is 233 g/mol. The molecule has 0 aromatic heterocycles. The Kier molecular flexibility index (Phi) is 3.67. The first kappa shape index (κ1) is 12.8. The van der Waals surface area contributed by atoms with Crippen molar-refractivity contribution in [2.75, 3.05) is 7.05 Å². The molecule has 3 atom stereocenters. The van der Waals surface area contributed by atoms with E-state index in [1.807, 2.05) is 14.0 Å². The summed E-state index contributed by atoms with van der Waals surface area (Å²) in [6.45, 7) is 1.87. The number of carboxylic acids is 1. The van der Waals surface area contributed by atoms with Crippen LogP contribution in [0.5, 0.6) is 0 Å². The molecular weight excluding hydrogens is 214 g/mol. The lowest BCUT2D eigenvalue weighted by Crippen LogP contribution is -2.48. The van der Waals surface area contributed by atoms with Crippen LogP contribution >= 0.6 is 12.4 Å². The van der Waals surface area contributed by atoms with E-state index in [0.29, 0.717) is 12.0 Å². The topological polar surface area (TPSA) is 40.5 Å². The van der Waals surface area contributed by atoms with Gasteiger partial charge in [-0.05, 0) is 39.2 Å². The molecule has 1 saturated carbocycles. The van der Waals surface area contributed by atoms with Gasteiger partial charge in [-0.3, -0.25) is 9.69 Å². The molecule has 4 heteroatoms. The van der Waals surface area contributed by atoms with Crippen molar-refractivity contribution in [1.82, 2.24) is 4.90 Å². The highest BCUT2D eigenvalue weighted by atomic mass is 35.5. The molecule has 1 aliphatic carbocycles. The van der Waals surface area contributed by atoms with Crippen LogP contribution in [-0.2, 0) is 4.79 Å². The molecule has 0 unspecified atom stereocenters. The number of likely N-dealkylation sites (tertiary alicyclic amines) is 1. The highest BCUT2D eigenvalue weighted by Crippen LogP contribution is 2.43. The SMILES string of the molecule is CN1[C@H]2CCCC[C@H]2C[C@@]1(C)C(=O)O.Cl. The highest BCUT2D eigenvalue weighted by Gasteiger charge is 2.51. The molecule has 0 radical (unpaired) electrons. The third kappa shape index (κ3) is 1.87. The number of nitrogens with zero attached hydrogens (tertiary/aromatic N) is 1. The van der Waals surface area contributed by atoms with Crippen molar-refractivity contribution < 1.29 is 9.90 Å². The van der Waals surface area contributed by atoms with Crippen LogP contribution in [-0.4, -0.2) is 34.6 Å². The molecule has 2 fully saturated rings. The lowest BCUT2D eigenvalue weighted by atomic mass is 9.83. The van der Waals surface area contributed by atoms with Gasteiger partial charge in [0.15, 0.2) is 0 Å². The molecule has 15 heavy (non-hydrogen) atoms. The van der Waals surface area contributed by atoms with Gasteiger partial charge in [0.2, 0.25) is 0 Å². The summed E-state index contributed by atoms with van der Waals surface area (Å²) in [5, 5.41) is 9.25. The maximum absolute atomic E-state index is 11.2.